The number of nitrogens with one attached hydrogen (secondary N) is 1. The SMILES string of the molecule is COc1ccc(N=Nc2ccc(CNCCC#N)cc2)cc1. The molecule has 112 valence electrons. The first kappa shape index (κ1) is 15.7. The van der Waals surface area contributed by atoms with Gasteiger partial charge in [0.25, 0.3) is 0 Å². The summed E-state index contributed by atoms with van der Waals surface area (Å²) in [6, 6.07) is 17.4. The van der Waals surface area contributed by atoms with Crippen molar-refractivity contribution < 1.29 is 4.74 Å². The van der Waals surface area contributed by atoms with Gasteiger partial charge in [-0.25, -0.2) is 0 Å². The van der Waals surface area contributed by atoms with Crippen LogP contribution in [0.1, 0.15) is 12.0 Å². The summed E-state index contributed by atoms with van der Waals surface area (Å²) >= 11 is 0. The van der Waals surface area contributed by atoms with Gasteiger partial charge in [-0.15, -0.1) is 0 Å². The van der Waals surface area contributed by atoms with Crippen molar-refractivity contribution in [1.82, 2.24) is 5.32 Å². The van der Waals surface area contributed by atoms with E-state index in [1.54, 1.807) is 7.11 Å². The highest BCUT2D eigenvalue weighted by atomic mass is 16.5. The van der Waals surface area contributed by atoms with Crippen LogP contribution in [0.4, 0.5) is 11.4 Å². The molecule has 0 aliphatic rings. The smallest absolute Gasteiger partial charge is 0.119 e. The van der Waals surface area contributed by atoms with E-state index in [1.807, 2.05) is 48.5 Å². The predicted molar refractivity (Wildman–Crippen MR) is 85.5 cm³/mol. The van der Waals surface area contributed by atoms with Gasteiger partial charge in [0.1, 0.15) is 5.75 Å². The highest BCUT2D eigenvalue weighted by Crippen LogP contribution is 2.21. The lowest BCUT2D eigenvalue weighted by atomic mass is 10.2. The molecule has 0 saturated carbocycles. The third-order valence-corrected chi connectivity index (χ3v) is 3.03. The molecule has 0 bridgehead atoms. The third-order valence-electron chi connectivity index (χ3n) is 3.03. The quantitative estimate of drug-likeness (QED) is 0.617. The standard InChI is InChI=1S/C17H18N4O/c1-22-17-9-7-16(8-10-17)21-20-15-5-3-14(4-6-15)13-19-12-2-11-18/h3-10,19H,2,12-13H2,1H3. The topological polar surface area (TPSA) is 69.8 Å². The fraction of sp³-hybridized carbons (Fsp3) is 0.235. The molecule has 0 amide bonds. The van der Waals surface area contributed by atoms with Crippen LogP contribution in [0.5, 0.6) is 5.75 Å². The van der Waals surface area contributed by atoms with Crippen LogP contribution in [-0.2, 0) is 6.54 Å². The Morgan fingerprint density at radius 2 is 1.59 bits per heavy atom. The Kier molecular flexibility index (Phi) is 6.09. The molecule has 5 heteroatoms. The van der Waals surface area contributed by atoms with Crippen molar-refractivity contribution in [3.8, 4) is 11.8 Å². The normalized spacial score (nSPS) is 10.5. The molecule has 0 aromatic heterocycles. The first-order chi connectivity index (χ1) is 10.8. The van der Waals surface area contributed by atoms with Crippen LogP contribution in [0.25, 0.3) is 0 Å². The van der Waals surface area contributed by atoms with E-state index >= 15 is 0 Å². The molecule has 22 heavy (non-hydrogen) atoms. The van der Waals surface area contributed by atoms with Gasteiger partial charge in [0, 0.05) is 19.5 Å². The second-order valence-corrected chi connectivity index (χ2v) is 4.65. The molecular formula is C17H18N4O. The highest BCUT2D eigenvalue weighted by Gasteiger charge is 1.95. The minimum atomic E-state index is 0.522. The zero-order valence-electron chi connectivity index (χ0n) is 12.5. The minimum absolute atomic E-state index is 0.522. The molecule has 5 nitrogen and oxygen atoms in total. The maximum atomic E-state index is 8.46. The molecule has 0 fully saturated rings. The van der Waals surface area contributed by atoms with Crippen LogP contribution in [0.15, 0.2) is 58.8 Å². The van der Waals surface area contributed by atoms with Crippen molar-refractivity contribution in [1.29, 1.82) is 5.26 Å². The van der Waals surface area contributed by atoms with Crippen molar-refractivity contribution >= 4 is 11.4 Å². The number of nitriles is 1. The van der Waals surface area contributed by atoms with Gasteiger partial charge in [0.05, 0.1) is 24.6 Å². The predicted octanol–water partition coefficient (Wildman–Crippen LogP) is 4.11. The van der Waals surface area contributed by atoms with Crippen molar-refractivity contribution in [3.05, 3.63) is 54.1 Å². The number of methoxy groups -OCH3 is 1. The maximum Gasteiger partial charge on any atom is 0.119 e. The average molecular weight is 294 g/mol. The molecule has 0 radical (unpaired) electrons. The molecule has 0 saturated heterocycles. The summed E-state index contributed by atoms with van der Waals surface area (Å²) in [6.07, 6.45) is 0.522. The molecule has 0 heterocycles. The summed E-state index contributed by atoms with van der Waals surface area (Å²) in [7, 11) is 1.63. The lowest BCUT2D eigenvalue weighted by molar-refractivity contribution is 0.415. The Bertz CT molecular complexity index is 642. The summed E-state index contributed by atoms with van der Waals surface area (Å²) in [5, 5.41) is 20.1. The van der Waals surface area contributed by atoms with Gasteiger partial charge in [-0.3, -0.25) is 0 Å². The maximum absolute atomic E-state index is 8.46. The lowest BCUT2D eigenvalue weighted by Gasteiger charge is -2.02. The molecule has 2 rings (SSSR count). The Morgan fingerprint density at radius 3 is 2.14 bits per heavy atom. The van der Waals surface area contributed by atoms with Crippen molar-refractivity contribution in [2.24, 2.45) is 10.2 Å². The molecule has 0 aliphatic carbocycles. The van der Waals surface area contributed by atoms with E-state index < -0.39 is 0 Å². The van der Waals surface area contributed by atoms with E-state index in [4.69, 9.17) is 10.00 Å². The Labute approximate surface area is 130 Å². The molecule has 2 aromatic rings. The highest BCUT2D eigenvalue weighted by molar-refractivity contribution is 5.43. The molecular weight excluding hydrogens is 276 g/mol. The minimum Gasteiger partial charge on any atom is -0.497 e. The van der Waals surface area contributed by atoms with Gasteiger partial charge in [-0.2, -0.15) is 15.5 Å². The van der Waals surface area contributed by atoms with E-state index in [9.17, 15) is 0 Å². The van der Waals surface area contributed by atoms with Crippen LogP contribution in [0, 0.1) is 11.3 Å². The van der Waals surface area contributed by atoms with Gasteiger partial charge < -0.3 is 10.1 Å². The summed E-state index contributed by atoms with van der Waals surface area (Å²) in [6.45, 7) is 1.45. The number of ether oxygens (including phenoxy) is 1. The van der Waals surface area contributed by atoms with Crippen LogP contribution < -0.4 is 10.1 Å². The molecule has 0 spiro atoms. The zero-order chi connectivity index (χ0) is 15.6. The fourth-order valence-corrected chi connectivity index (χ4v) is 1.82. The first-order valence-corrected chi connectivity index (χ1v) is 7.04. The largest absolute Gasteiger partial charge is 0.497 e. The molecule has 1 N–H and O–H groups in total. The van der Waals surface area contributed by atoms with E-state index in [0.29, 0.717) is 13.0 Å². The molecule has 2 aromatic carbocycles. The number of benzene rings is 2. The van der Waals surface area contributed by atoms with Gasteiger partial charge >= 0.3 is 0 Å². The summed E-state index contributed by atoms with van der Waals surface area (Å²) in [5.41, 5.74) is 2.74. The Balaban J connectivity index is 1.89. The zero-order valence-corrected chi connectivity index (χ0v) is 12.5. The van der Waals surface area contributed by atoms with Crippen molar-refractivity contribution in [2.75, 3.05) is 13.7 Å². The van der Waals surface area contributed by atoms with Crippen LogP contribution in [0.2, 0.25) is 0 Å². The number of azo groups is 1. The van der Waals surface area contributed by atoms with E-state index in [0.717, 1.165) is 29.2 Å². The summed E-state index contributed by atoms with van der Waals surface area (Å²) < 4.78 is 5.10. The van der Waals surface area contributed by atoms with E-state index in [-0.39, 0.29) is 0 Å². The molecule has 0 unspecified atom stereocenters. The second kappa shape index (κ2) is 8.55. The summed E-state index contributed by atoms with van der Waals surface area (Å²) in [5.74, 6) is 0.798. The van der Waals surface area contributed by atoms with Gasteiger partial charge in [0.2, 0.25) is 0 Å². The lowest BCUT2D eigenvalue weighted by Crippen LogP contribution is -2.13. The van der Waals surface area contributed by atoms with Crippen molar-refractivity contribution in [2.45, 2.75) is 13.0 Å². The van der Waals surface area contributed by atoms with Crippen LogP contribution in [0.3, 0.4) is 0 Å². The van der Waals surface area contributed by atoms with Gasteiger partial charge in [-0.05, 0) is 42.0 Å². The molecule has 0 aliphatic heterocycles. The average Bonchev–Trinajstić information content (AvgIpc) is 2.58. The second-order valence-electron chi connectivity index (χ2n) is 4.65. The van der Waals surface area contributed by atoms with E-state index in [2.05, 4.69) is 21.6 Å². The first-order valence-electron chi connectivity index (χ1n) is 7.04. The van der Waals surface area contributed by atoms with Crippen LogP contribution in [-0.4, -0.2) is 13.7 Å². The number of nitrogens with zero attached hydrogens (tertiary/aromatic N) is 3. The van der Waals surface area contributed by atoms with E-state index in [1.165, 1.54) is 0 Å². The summed E-state index contributed by atoms with van der Waals surface area (Å²) in [4.78, 5) is 0. The number of rotatable bonds is 7. The van der Waals surface area contributed by atoms with Crippen molar-refractivity contribution in [3.63, 3.8) is 0 Å². The monoisotopic (exact) mass is 294 g/mol. The molecule has 0 atom stereocenters. The number of hydrogen-bond acceptors (Lipinski definition) is 5. The van der Waals surface area contributed by atoms with Gasteiger partial charge in [0.15, 0.2) is 0 Å². The Morgan fingerprint density at radius 1 is 1.00 bits per heavy atom. The van der Waals surface area contributed by atoms with Gasteiger partial charge in [-0.1, -0.05) is 12.1 Å². The van der Waals surface area contributed by atoms with Crippen LogP contribution >= 0.6 is 0 Å². The number of hydrogen-bond donors (Lipinski definition) is 1. The Hall–Kier alpha value is -2.71. The fourth-order valence-electron chi connectivity index (χ4n) is 1.82. The third kappa shape index (κ3) is 5.00.